The second-order valence-electron chi connectivity index (χ2n) is 3.73. The minimum atomic E-state index is -3.52. The van der Waals surface area contributed by atoms with Crippen molar-refractivity contribution >= 4 is 21.7 Å². The van der Waals surface area contributed by atoms with Crippen LogP contribution in [-0.2, 0) is 21.2 Å². The molecule has 0 aromatic carbocycles. The number of hydrogen-bond donors (Lipinski definition) is 0. The topological polar surface area (TPSA) is 89.5 Å². The molecular formula is C10H11N3O4S. The van der Waals surface area contributed by atoms with Gasteiger partial charge in [0.15, 0.2) is 0 Å². The predicted molar refractivity (Wildman–Crippen MR) is 62.9 cm³/mol. The fraction of sp³-hybridized carbons (Fsp3) is 0.300. The van der Waals surface area contributed by atoms with Gasteiger partial charge in [0.1, 0.15) is 12.4 Å². The van der Waals surface area contributed by atoms with Gasteiger partial charge < -0.3 is 4.74 Å². The first-order valence-corrected chi connectivity index (χ1v) is 6.94. The van der Waals surface area contributed by atoms with Gasteiger partial charge in [0.25, 0.3) is 0 Å². The largest absolute Gasteiger partial charge is 0.444 e. The third-order valence-corrected chi connectivity index (χ3v) is 3.15. The molecule has 0 saturated heterocycles. The number of amides is 1. The molecule has 0 atom stereocenters. The zero-order chi connectivity index (χ0) is 13.3. The van der Waals surface area contributed by atoms with Gasteiger partial charge in [-0.1, -0.05) is 6.08 Å². The standard InChI is InChI=1S/C10H11N3O4S/c1-3-4-13-8-7(6-17-10(13)14)5-11-9(12-8)18(2,15)16/h3,5H,1,4,6H2,2H3. The third kappa shape index (κ3) is 2.19. The lowest BCUT2D eigenvalue weighted by atomic mass is 10.3. The van der Waals surface area contributed by atoms with Crippen LogP contribution in [0, 0.1) is 0 Å². The maximum absolute atomic E-state index is 11.6. The summed E-state index contributed by atoms with van der Waals surface area (Å²) in [6, 6.07) is 0. The van der Waals surface area contributed by atoms with Crippen LogP contribution in [0.4, 0.5) is 10.6 Å². The highest BCUT2D eigenvalue weighted by molar-refractivity contribution is 7.90. The van der Waals surface area contributed by atoms with Gasteiger partial charge in [-0.05, 0) is 0 Å². The van der Waals surface area contributed by atoms with Gasteiger partial charge in [-0.25, -0.2) is 18.2 Å². The first kappa shape index (κ1) is 12.5. The molecule has 0 aliphatic carbocycles. The van der Waals surface area contributed by atoms with Gasteiger partial charge in [0.2, 0.25) is 15.0 Å². The summed E-state index contributed by atoms with van der Waals surface area (Å²) in [5.74, 6) is 0.251. The molecule has 1 aromatic heterocycles. The van der Waals surface area contributed by atoms with Crippen molar-refractivity contribution in [1.29, 1.82) is 0 Å². The van der Waals surface area contributed by atoms with E-state index in [4.69, 9.17) is 4.74 Å². The van der Waals surface area contributed by atoms with E-state index in [1.165, 1.54) is 17.2 Å². The summed E-state index contributed by atoms with van der Waals surface area (Å²) in [6.45, 7) is 3.74. The highest BCUT2D eigenvalue weighted by Gasteiger charge is 2.28. The molecular weight excluding hydrogens is 258 g/mol. The van der Waals surface area contributed by atoms with Crippen LogP contribution in [-0.4, -0.2) is 37.3 Å². The molecule has 1 aliphatic rings. The molecule has 0 spiro atoms. The number of sulfone groups is 1. The van der Waals surface area contributed by atoms with Crippen molar-refractivity contribution in [2.45, 2.75) is 11.8 Å². The number of hydrogen-bond acceptors (Lipinski definition) is 6. The third-order valence-electron chi connectivity index (χ3n) is 2.29. The minimum absolute atomic E-state index is 0.0336. The Hall–Kier alpha value is -1.96. The molecule has 0 radical (unpaired) electrons. The summed E-state index contributed by atoms with van der Waals surface area (Å²) in [6.07, 6.45) is 3.27. The first-order valence-electron chi connectivity index (χ1n) is 5.04. The number of nitrogens with zero attached hydrogens (tertiary/aromatic N) is 3. The van der Waals surface area contributed by atoms with Crippen molar-refractivity contribution < 1.29 is 17.9 Å². The highest BCUT2D eigenvalue weighted by Crippen LogP contribution is 2.24. The summed E-state index contributed by atoms with van der Waals surface area (Å²) in [5, 5.41) is -0.315. The first-order chi connectivity index (χ1) is 8.43. The maximum atomic E-state index is 11.6. The van der Waals surface area contributed by atoms with Gasteiger partial charge >= 0.3 is 6.09 Å². The Morgan fingerprint density at radius 3 is 2.94 bits per heavy atom. The lowest BCUT2D eigenvalue weighted by Crippen LogP contribution is -2.37. The Morgan fingerprint density at radius 1 is 1.61 bits per heavy atom. The monoisotopic (exact) mass is 269 g/mol. The van der Waals surface area contributed by atoms with Crippen molar-refractivity contribution in [2.75, 3.05) is 17.7 Å². The van der Waals surface area contributed by atoms with E-state index in [9.17, 15) is 13.2 Å². The van der Waals surface area contributed by atoms with E-state index in [1.807, 2.05) is 0 Å². The SMILES string of the molecule is C=CCN1C(=O)OCc2cnc(S(C)(=O)=O)nc21. The van der Waals surface area contributed by atoms with Gasteiger partial charge in [0, 0.05) is 19.0 Å². The Bertz CT molecular complexity index is 612. The number of aromatic nitrogens is 2. The van der Waals surface area contributed by atoms with E-state index in [2.05, 4.69) is 16.5 Å². The molecule has 1 aliphatic heterocycles. The molecule has 2 heterocycles. The zero-order valence-corrected chi connectivity index (χ0v) is 10.5. The highest BCUT2D eigenvalue weighted by atomic mass is 32.2. The van der Waals surface area contributed by atoms with E-state index < -0.39 is 15.9 Å². The number of anilines is 1. The molecule has 18 heavy (non-hydrogen) atoms. The fourth-order valence-corrected chi connectivity index (χ4v) is 1.99. The Labute approximate surface area is 104 Å². The second-order valence-corrected chi connectivity index (χ2v) is 5.64. The predicted octanol–water partition coefficient (Wildman–Crippen LogP) is 0.523. The molecule has 2 rings (SSSR count). The number of cyclic esters (lactones) is 1. The lowest BCUT2D eigenvalue weighted by molar-refractivity contribution is 0.141. The molecule has 0 fully saturated rings. The van der Waals surface area contributed by atoms with E-state index in [1.54, 1.807) is 0 Å². The van der Waals surface area contributed by atoms with Crippen LogP contribution < -0.4 is 4.90 Å². The molecule has 8 heteroatoms. The maximum Gasteiger partial charge on any atom is 0.416 e. The van der Waals surface area contributed by atoms with Gasteiger partial charge in [-0.15, -0.1) is 6.58 Å². The number of ether oxygens (including phenoxy) is 1. The zero-order valence-electron chi connectivity index (χ0n) is 9.66. The van der Waals surface area contributed by atoms with Crippen molar-refractivity contribution in [3.63, 3.8) is 0 Å². The Kier molecular flexibility index (Phi) is 3.04. The van der Waals surface area contributed by atoms with Crippen molar-refractivity contribution in [2.24, 2.45) is 0 Å². The van der Waals surface area contributed by atoms with E-state index in [-0.39, 0.29) is 24.1 Å². The summed E-state index contributed by atoms with van der Waals surface area (Å²) in [7, 11) is -3.52. The van der Waals surface area contributed by atoms with E-state index in [0.29, 0.717) is 5.56 Å². The van der Waals surface area contributed by atoms with Gasteiger partial charge in [-0.3, -0.25) is 4.90 Å². The van der Waals surface area contributed by atoms with Crippen LogP contribution >= 0.6 is 0 Å². The number of rotatable bonds is 3. The van der Waals surface area contributed by atoms with Crippen LogP contribution in [0.5, 0.6) is 0 Å². The summed E-state index contributed by atoms with van der Waals surface area (Å²) in [4.78, 5) is 20.4. The molecule has 1 amide bonds. The smallest absolute Gasteiger partial charge is 0.416 e. The van der Waals surface area contributed by atoms with Crippen molar-refractivity contribution in [3.05, 3.63) is 24.4 Å². The van der Waals surface area contributed by atoms with Crippen molar-refractivity contribution in [3.8, 4) is 0 Å². The normalized spacial score (nSPS) is 14.9. The van der Waals surface area contributed by atoms with E-state index in [0.717, 1.165) is 6.26 Å². The average molecular weight is 269 g/mol. The minimum Gasteiger partial charge on any atom is -0.444 e. The quantitative estimate of drug-likeness (QED) is 0.587. The lowest BCUT2D eigenvalue weighted by Gasteiger charge is -2.26. The molecule has 1 aromatic rings. The summed E-state index contributed by atoms with van der Waals surface area (Å²) in [5.41, 5.74) is 0.559. The summed E-state index contributed by atoms with van der Waals surface area (Å²) >= 11 is 0. The Morgan fingerprint density at radius 2 is 2.33 bits per heavy atom. The van der Waals surface area contributed by atoms with Crippen LogP contribution in [0.1, 0.15) is 5.56 Å². The molecule has 0 unspecified atom stereocenters. The van der Waals surface area contributed by atoms with Crippen LogP contribution in [0.2, 0.25) is 0 Å². The molecule has 0 bridgehead atoms. The number of carbonyl (C=O) groups is 1. The van der Waals surface area contributed by atoms with Crippen LogP contribution in [0.25, 0.3) is 0 Å². The summed E-state index contributed by atoms with van der Waals surface area (Å²) < 4.78 is 27.7. The Balaban J connectivity index is 2.55. The van der Waals surface area contributed by atoms with Gasteiger partial charge in [0.05, 0.1) is 5.56 Å². The van der Waals surface area contributed by atoms with E-state index >= 15 is 0 Å². The average Bonchev–Trinajstić information content (AvgIpc) is 2.31. The molecule has 0 N–H and O–H groups in total. The molecule has 96 valence electrons. The molecule has 7 nitrogen and oxygen atoms in total. The number of fused-ring (bicyclic) bond motifs is 1. The molecule has 0 saturated carbocycles. The van der Waals surface area contributed by atoms with Crippen molar-refractivity contribution in [1.82, 2.24) is 9.97 Å². The van der Waals surface area contributed by atoms with Gasteiger partial charge in [-0.2, -0.15) is 4.98 Å². The van der Waals surface area contributed by atoms with Crippen LogP contribution in [0.15, 0.2) is 24.0 Å². The fourth-order valence-electron chi connectivity index (χ4n) is 1.49. The van der Waals surface area contributed by atoms with Crippen LogP contribution in [0.3, 0.4) is 0 Å². The second kappa shape index (κ2) is 4.37. The number of carbonyl (C=O) groups excluding carboxylic acids is 1.